The Morgan fingerprint density at radius 3 is 2.00 bits per heavy atom. The molecule has 0 saturated carbocycles. The first-order chi connectivity index (χ1) is 7.86. The SMILES string of the molecule is C=C=Nc1cccc2c(N=C=O)cccc12. The molecule has 2 aromatic carbocycles. The zero-order valence-corrected chi connectivity index (χ0v) is 8.47. The fraction of sp³-hybridized carbons (Fsp3) is 0. The zero-order chi connectivity index (χ0) is 11.4. The van der Waals surface area contributed by atoms with E-state index in [1.165, 1.54) is 0 Å². The fourth-order valence-corrected chi connectivity index (χ4v) is 1.61. The maximum Gasteiger partial charge on any atom is 0.240 e. The molecule has 0 aliphatic carbocycles. The minimum Gasteiger partial charge on any atom is -0.211 e. The molecule has 0 saturated heterocycles. The molecule has 0 fully saturated rings. The molecule has 3 heteroatoms. The van der Waals surface area contributed by atoms with E-state index in [0.29, 0.717) is 5.69 Å². The number of isocyanates is 1. The number of hydrogen-bond acceptors (Lipinski definition) is 3. The van der Waals surface area contributed by atoms with Gasteiger partial charge in [-0.1, -0.05) is 24.3 Å². The van der Waals surface area contributed by atoms with E-state index in [0.717, 1.165) is 16.5 Å². The lowest BCUT2D eigenvalue weighted by molar-refractivity contribution is 0.565. The summed E-state index contributed by atoms with van der Waals surface area (Å²) in [6.45, 7) is 3.44. The quantitative estimate of drug-likeness (QED) is 0.551. The highest BCUT2D eigenvalue weighted by atomic mass is 16.1. The van der Waals surface area contributed by atoms with Gasteiger partial charge in [-0.05, 0) is 24.6 Å². The fourth-order valence-electron chi connectivity index (χ4n) is 1.61. The Bertz CT molecular complexity index is 576. The third kappa shape index (κ3) is 1.69. The van der Waals surface area contributed by atoms with Gasteiger partial charge in [0.15, 0.2) is 0 Å². The largest absolute Gasteiger partial charge is 0.240 e. The topological polar surface area (TPSA) is 41.8 Å². The zero-order valence-electron chi connectivity index (χ0n) is 8.47. The molecule has 0 amide bonds. The number of nitrogens with zero attached hydrogens (tertiary/aromatic N) is 2. The lowest BCUT2D eigenvalue weighted by Gasteiger charge is -2.02. The van der Waals surface area contributed by atoms with E-state index in [-0.39, 0.29) is 0 Å². The molecule has 0 radical (unpaired) electrons. The van der Waals surface area contributed by atoms with Crippen LogP contribution in [0.15, 0.2) is 53.0 Å². The summed E-state index contributed by atoms with van der Waals surface area (Å²) in [7, 11) is 0. The van der Waals surface area contributed by atoms with Crippen LogP contribution in [0.4, 0.5) is 11.4 Å². The van der Waals surface area contributed by atoms with Crippen molar-refractivity contribution in [3.05, 3.63) is 43.0 Å². The van der Waals surface area contributed by atoms with Gasteiger partial charge in [-0.3, -0.25) is 0 Å². The van der Waals surface area contributed by atoms with Gasteiger partial charge in [-0.2, -0.15) is 4.99 Å². The summed E-state index contributed by atoms with van der Waals surface area (Å²) in [4.78, 5) is 18.0. The van der Waals surface area contributed by atoms with Crippen molar-refractivity contribution in [3.8, 4) is 0 Å². The van der Waals surface area contributed by atoms with Crippen molar-refractivity contribution in [2.45, 2.75) is 0 Å². The normalized spacial score (nSPS) is 9.25. The smallest absolute Gasteiger partial charge is 0.211 e. The number of hydrogen-bond donors (Lipinski definition) is 0. The highest BCUT2D eigenvalue weighted by Gasteiger charge is 2.02. The van der Waals surface area contributed by atoms with Crippen LogP contribution < -0.4 is 0 Å². The number of carbonyl (C=O) groups excluding carboxylic acids is 1. The second kappa shape index (κ2) is 4.37. The highest BCUT2D eigenvalue weighted by Crippen LogP contribution is 2.31. The van der Waals surface area contributed by atoms with Gasteiger partial charge in [0.2, 0.25) is 6.08 Å². The Labute approximate surface area is 92.5 Å². The molecular formula is C13H8N2O. The average Bonchev–Trinajstić information content (AvgIpc) is 2.31. The molecule has 3 nitrogen and oxygen atoms in total. The summed E-state index contributed by atoms with van der Waals surface area (Å²) >= 11 is 0. The first-order valence-electron chi connectivity index (χ1n) is 4.69. The summed E-state index contributed by atoms with van der Waals surface area (Å²) in [5.74, 6) is 2.49. The average molecular weight is 208 g/mol. The van der Waals surface area contributed by atoms with E-state index < -0.39 is 0 Å². The van der Waals surface area contributed by atoms with Gasteiger partial charge in [0.05, 0.1) is 11.4 Å². The van der Waals surface area contributed by atoms with Gasteiger partial charge in [0.1, 0.15) is 0 Å². The summed E-state index contributed by atoms with van der Waals surface area (Å²) in [6, 6.07) is 11.1. The van der Waals surface area contributed by atoms with Crippen molar-refractivity contribution in [2.24, 2.45) is 9.98 Å². The minimum atomic E-state index is 0.591. The van der Waals surface area contributed by atoms with Crippen molar-refractivity contribution in [3.63, 3.8) is 0 Å². The summed E-state index contributed by atoms with van der Waals surface area (Å²) in [6.07, 6.45) is 1.54. The Morgan fingerprint density at radius 2 is 1.50 bits per heavy atom. The highest BCUT2D eigenvalue weighted by molar-refractivity contribution is 6.00. The number of rotatable bonds is 2. The summed E-state index contributed by atoms with van der Waals surface area (Å²) in [5.41, 5.74) is 1.35. The number of fused-ring (bicyclic) bond motifs is 1. The Hall–Kier alpha value is -2.47. The summed E-state index contributed by atoms with van der Waals surface area (Å²) in [5, 5.41) is 1.78. The van der Waals surface area contributed by atoms with Gasteiger partial charge >= 0.3 is 0 Å². The molecule has 0 aliphatic rings. The molecule has 2 rings (SSSR count). The molecule has 0 spiro atoms. The van der Waals surface area contributed by atoms with Crippen LogP contribution >= 0.6 is 0 Å². The minimum absolute atomic E-state index is 0.591. The van der Waals surface area contributed by atoms with Crippen molar-refractivity contribution in [1.29, 1.82) is 0 Å². The first-order valence-corrected chi connectivity index (χ1v) is 4.69. The van der Waals surface area contributed by atoms with Gasteiger partial charge in [0.25, 0.3) is 0 Å². The number of benzene rings is 2. The molecule has 0 unspecified atom stereocenters. The monoisotopic (exact) mass is 208 g/mol. The van der Waals surface area contributed by atoms with Gasteiger partial charge in [0, 0.05) is 10.8 Å². The van der Waals surface area contributed by atoms with Crippen LogP contribution in [0.1, 0.15) is 0 Å². The molecular weight excluding hydrogens is 200 g/mol. The molecule has 0 atom stereocenters. The van der Waals surface area contributed by atoms with Crippen LogP contribution in [0.5, 0.6) is 0 Å². The second-order valence-corrected chi connectivity index (χ2v) is 3.12. The van der Waals surface area contributed by atoms with Crippen LogP contribution in [-0.2, 0) is 4.79 Å². The van der Waals surface area contributed by atoms with E-state index >= 15 is 0 Å². The third-order valence-corrected chi connectivity index (χ3v) is 2.24. The standard InChI is InChI=1S/C13H8N2O/c1-2-14-12-7-3-6-11-10(12)5-4-8-13(11)15-9-16/h3-8H,1H2. The van der Waals surface area contributed by atoms with E-state index in [4.69, 9.17) is 0 Å². The molecule has 0 bridgehead atoms. The molecule has 2 aromatic rings. The molecule has 0 N–H and O–H groups in total. The lowest BCUT2D eigenvalue weighted by Crippen LogP contribution is -1.74. The van der Waals surface area contributed by atoms with E-state index in [2.05, 4.69) is 22.4 Å². The maximum atomic E-state index is 10.3. The van der Waals surface area contributed by atoms with Gasteiger partial charge in [-0.15, -0.1) is 0 Å². The van der Waals surface area contributed by atoms with E-state index in [9.17, 15) is 4.79 Å². The van der Waals surface area contributed by atoms with Crippen LogP contribution in [0.3, 0.4) is 0 Å². The van der Waals surface area contributed by atoms with E-state index in [1.807, 2.05) is 30.3 Å². The van der Waals surface area contributed by atoms with Gasteiger partial charge in [-0.25, -0.2) is 9.79 Å². The predicted molar refractivity (Wildman–Crippen MR) is 64.5 cm³/mol. The van der Waals surface area contributed by atoms with E-state index in [1.54, 1.807) is 12.1 Å². The molecule has 76 valence electrons. The van der Waals surface area contributed by atoms with Crippen molar-refractivity contribution in [1.82, 2.24) is 0 Å². The third-order valence-electron chi connectivity index (χ3n) is 2.24. The van der Waals surface area contributed by atoms with Crippen LogP contribution in [-0.4, -0.2) is 11.9 Å². The van der Waals surface area contributed by atoms with Crippen molar-refractivity contribution >= 4 is 34.1 Å². The molecule has 0 heterocycles. The van der Waals surface area contributed by atoms with Crippen LogP contribution in [0.25, 0.3) is 10.8 Å². The maximum absolute atomic E-state index is 10.3. The van der Waals surface area contributed by atoms with Crippen molar-refractivity contribution in [2.75, 3.05) is 0 Å². The first kappa shape index (κ1) is 10.1. The summed E-state index contributed by atoms with van der Waals surface area (Å²) < 4.78 is 0. The van der Waals surface area contributed by atoms with Crippen LogP contribution in [0.2, 0.25) is 0 Å². The molecule has 16 heavy (non-hydrogen) atoms. The second-order valence-electron chi connectivity index (χ2n) is 3.12. The molecule has 0 aromatic heterocycles. The Balaban J connectivity index is 2.85. The lowest BCUT2D eigenvalue weighted by atomic mass is 10.1. The molecule has 0 aliphatic heterocycles. The number of aliphatic imine (C=N–C) groups is 2. The van der Waals surface area contributed by atoms with Gasteiger partial charge < -0.3 is 0 Å². The Kier molecular flexibility index (Phi) is 2.75. The predicted octanol–water partition coefficient (Wildman–Crippen LogP) is 3.29. The van der Waals surface area contributed by atoms with Crippen molar-refractivity contribution < 1.29 is 4.79 Å². The van der Waals surface area contributed by atoms with Crippen LogP contribution in [0, 0.1) is 0 Å². The Morgan fingerprint density at radius 1 is 0.938 bits per heavy atom.